The Labute approximate surface area is 346 Å². The van der Waals surface area contributed by atoms with E-state index in [1.54, 1.807) is 0 Å². The Kier molecular flexibility index (Phi) is 43.0. The maximum atomic E-state index is 12.4. The van der Waals surface area contributed by atoms with Gasteiger partial charge in [0.1, 0.15) is 0 Å². The highest BCUT2D eigenvalue weighted by Gasteiger charge is 2.12. The van der Waals surface area contributed by atoms with Crippen molar-refractivity contribution in [3.8, 4) is 0 Å². The molecule has 0 aromatic heterocycles. The molecule has 1 N–H and O–H groups in total. The molecular formula is C47H92N2O7. The smallest absolute Gasteiger partial charge is 0.305 e. The minimum Gasteiger partial charge on any atom is -0.466 e. The predicted molar refractivity (Wildman–Crippen MR) is 233 cm³/mol. The van der Waals surface area contributed by atoms with E-state index in [-0.39, 0.29) is 24.5 Å². The molecule has 9 nitrogen and oxygen atoms in total. The first kappa shape index (κ1) is 54.3. The molecule has 0 rings (SSSR count). The van der Waals surface area contributed by atoms with Crippen molar-refractivity contribution < 1.29 is 33.7 Å². The van der Waals surface area contributed by atoms with Crippen molar-refractivity contribution in [1.82, 2.24) is 9.80 Å². The van der Waals surface area contributed by atoms with Gasteiger partial charge < -0.3 is 29.1 Å². The summed E-state index contributed by atoms with van der Waals surface area (Å²) in [6, 6.07) is 0. The quantitative estimate of drug-likeness (QED) is 0.0366. The Hall–Kier alpha value is -1.71. The summed E-state index contributed by atoms with van der Waals surface area (Å²) in [6.45, 7) is 13.0. The highest BCUT2D eigenvalue weighted by atomic mass is 16.5. The highest BCUT2D eigenvalue weighted by Crippen LogP contribution is 2.12. The molecule has 0 amide bonds. The number of rotatable bonds is 45. The summed E-state index contributed by atoms with van der Waals surface area (Å²) in [5, 5.41) is 9.66. The first-order valence-electron chi connectivity index (χ1n) is 24.0. The third-order valence-electron chi connectivity index (χ3n) is 10.7. The van der Waals surface area contributed by atoms with Crippen LogP contribution in [0.2, 0.25) is 0 Å². The Bertz CT molecular complexity index is 820. The number of hydrogen-bond acceptors (Lipinski definition) is 9. The maximum absolute atomic E-state index is 12.4. The van der Waals surface area contributed by atoms with Gasteiger partial charge in [0, 0.05) is 25.8 Å². The standard InChI is InChI=1S/C47H92N2O7/c1-4-7-10-13-16-17-20-23-28-44-56-47(53)34-31-39-49(40-41-50)36-25-24-35-48(37-29-32-45(51)54-42-26-21-18-14-11-8-5-2)38-30-33-46(52)55-43-27-22-19-15-12-9-6-3/h50H,4-44H2,1-3H3. The Morgan fingerprint density at radius 3 is 0.875 bits per heavy atom. The Morgan fingerprint density at radius 1 is 0.339 bits per heavy atom. The van der Waals surface area contributed by atoms with Crippen molar-refractivity contribution >= 4 is 17.9 Å². The lowest BCUT2D eigenvalue weighted by atomic mass is 10.1. The number of nitrogens with zero attached hydrogens (tertiary/aromatic N) is 2. The lowest BCUT2D eigenvalue weighted by Gasteiger charge is -2.24. The molecule has 0 atom stereocenters. The molecule has 0 aliphatic rings. The average molecular weight is 797 g/mol. The fraction of sp³-hybridized carbons (Fsp3) is 0.936. The van der Waals surface area contributed by atoms with Crippen molar-refractivity contribution in [2.45, 2.75) is 220 Å². The van der Waals surface area contributed by atoms with Gasteiger partial charge in [0.05, 0.1) is 26.4 Å². The molecule has 0 fully saturated rings. The summed E-state index contributed by atoms with van der Waals surface area (Å²) in [6.07, 6.45) is 33.4. The van der Waals surface area contributed by atoms with Crippen LogP contribution in [0.25, 0.3) is 0 Å². The largest absolute Gasteiger partial charge is 0.466 e. The van der Waals surface area contributed by atoms with Gasteiger partial charge in [0.25, 0.3) is 0 Å². The van der Waals surface area contributed by atoms with E-state index in [4.69, 9.17) is 14.2 Å². The first-order chi connectivity index (χ1) is 27.5. The zero-order valence-electron chi connectivity index (χ0n) is 37.3. The SMILES string of the molecule is CCCCCCCCCCCOC(=O)CCCN(CCO)CCCCN(CCCC(=O)OCCCCCCCCC)CCCC(=O)OCCCCCCCCC. The van der Waals surface area contributed by atoms with E-state index in [1.807, 2.05) is 0 Å². The zero-order chi connectivity index (χ0) is 41.0. The van der Waals surface area contributed by atoms with E-state index in [0.717, 1.165) is 103 Å². The van der Waals surface area contributed by atoms with Gasteiger partial charge in [0.15, 0.2) is 0 Å². The molecule has 0 aromatic carbocycles. The number of ether oxygens (including phenoxy) is 3. The van der Waals surface area contributed by atoms with Gasteiger partial charge in [-0.05, 0) is 84.1 Å². The van der Waals surface area contributed by atoms with Crippen molar-refractivity contribution in [3.05, 3.63) is 0 Å². The van der Waals surface area contributed by atoms with Gasteiger partial charge in [-0.15, -0.1) is 0 Å². The first-order valence-corrected chi connectivity index (χ1v) is 24.0. The van der Waals surface area contributed by atoms with Crippen LogP contribution in [-0.2, 0) is 28.6 Å². The molecule has 0 aliphatic carbocycles. The van der Waals surface area contributed by atoms with Crippen molar-refractivity contribution in [3.63, 3.8) is 0 Å². The summed E-state index contributed by atoms with van der Waals surface area (Å²) in [7, 11) is 0. The number of esters is 3. The minimum atomic E-state index is -0.118. The van der Waals surface area contributed by atoms with E-state index in [0.29, 0.717) is 45.6 Å². The number of carbonyl (C=O) groups excluding carboxylic acids is 3. The number of aliphatic hydroxyl groups excluding tert-OH is 1. The van der Waals surface area contributed by atoms with Crippen LogP contribution in [0.15, 0.2) is 0 Å². The fourth-order valence-electron chi connectivity index (χ4n) is 7.13. The van der Waals surface area contributed by atoms with E-state index >= 15 is 0 Å². The van der Waals surface area contributed by atoms with Gasteiger partial charge in [0.2, 0.25) is 0 Å². The molecule has 0 bridgehead atoms. The topological polar surface area (TPSA) is 106 Å². The van der Waals surface area contributed by atoms with E-state index in [9.17, 15) is 19.5 Å². The van der Waals surface area contributed by atoms with Crippen LogP contribution in [0.5, 0.6) is 0 Å². The molecule has 332 valence electrons. The van der Waals surface area contributed by atoms with Crippen molar-refractivity contribution in [2.75, 3.05) is 65.7 Å². The highest BCUT2D eigenvalue weighted by molar-refractivity contribution is 5.70. The van der Waals surface area contributed by atoms with E-state index < -0.39 is 0 Å². The second kappa shape index (κ2) is 44.4. The lowest BCUT2D eigenvalue weighted by Crippen LogP contribution is -2.31. The van der Waals surface area contributed by atoms with Crippen LogP contribution >= 0.6 is 0 Å². The number of aliphatic hydroxyl groups is 1. The molecule has 9 heteroatoms. The molecule has 0 aromatic rings. The lowest BCUT2D eigenvalue weighted by molar-refractivity contribution is -0.145. The van der Waals surface area contributed by atoms with Gasteiger partial charge >= 0.3 is 17.9 Å². The molecule has 56 heavy (non-hydrogen) atoms. The number of hydrogen-bond donors (Lipinski definition) is 1. The predicted octanol–water partition coefficient (Wildman–Crippen LogP) is 11.4. The molecule has 0 unspecified atom stereocenters. The van der Waals surface area contributed by atoms with Gasteiger partial charge in [-0.1, -0.05) is 149 Å². The normalized spacial score (nSPS) is 11.5. The van der Waals surface area contributed by atoms with Crippen LogP contribution < -0.4 is 0 Å². The van der Waals surface area contributed by atoms with Crippen molar-refractivity contribution in [1.29, 1.82) is 0 Å². The summed E-state index contributed by atoms with van der Waals surface area (Å²) < 4.78 is 16.5. The summed E-state index contributed by atoms with van der Waals surface area (Å²) >= 11 is 0. The molecule has 0 radical (unpaired) electrons. The molecule has 0 heterocycles. The Morgan fingerprint density at radius 2 is 0.589 bits per heavy atom. The van der Waals surface area contributed by atoms with Crippen LogP contribution in [-0.4, -0.2) is 98.5 Å². The second-order valence-electron chi connectivity index (χ2n) is 16.2. The van der Waals surface area contributed by atoms with Crippen LogP contribution in [0, 0.1) is 0 Å². The third kappa shape index (κ3) is 40.5. The summed E-state index contributed by atoms with van der Waals surface area (Å²) in [5.74, 6) is -0.346. The molecule has 0 saturated heterocycles. The maximum Gasteiger partial charge on any atom is 0.305 e. The third-order valence-corrected chi connectivity index (χ3v) is 10.7. The van der Waals surface area contributed by atoms with E-state index in [2.05, 4.69) is 30.6 Å². The zero-order valence-corrected chi connectivity index (χ0v) is 37.3. The minimum absolute atomic E-state index is 0.0965. The molecule has 0 saturated carbocycles. The monoisotopic (exact) mass is 797 g/mol. The number of unbranched alkanes of at least 4 members (excludes halogenated alkanes) is 21. The van der Waals surface area contributed by atoms with Gasteiger partial charge in [-0.3, -0.25) is 14.4 Å². The Balaban J connectivity index is 4.48. The van der Waals surface area contributed by atoms with Crippen LogP contribution in [0.3, 0.4) is 0 Å². The second-order valence-corrected chi connectivity index (χ2v) is 16.2. The summed E-state index contributed by atoms with van der Waals surface area (Å²) in [5.41, 5.74) is 0. The van der Waals surface area contributed by atoms with E-state index in [1.165, 1.54) is 109 Å². The molecule has 0 spiro atoms. The molecular weight excluding hydrogens is 705 g/mol. The summed E-state index contributed by atoms with van der Waals surface area (Å²) in [4.78, 5) is 41.7. The van der Waals surface area contributed by atoms with Gasteiger partial charge in [-0.2, -0.15) is 0 Å². The molecule has 0 aliphatic heterocycles. The van der Waals surface area contributed by atoms with Crippen LogP contribution in [0.1, 0.15) is 220 Å². The van der Waals surface area contributed by atoms with Crippen molar-refractivity contribution in [2.24, 2.45) is 0 Å². The average Bonchev–Trinajstić information content (AvgIpc) is 3.19. The van der Waals surface area contributed by atoms with Gasteiger partial charge in [-0.25, -0.2) is 0 Å². The fourth-order valence-corrected chi connectivity index (χ4v) is 7.13. The number of carbonyl (C=O) groups is 3. The van der Waals surface area contributed by atoms with Crippen LogP contribution in [0.4, 0.5) is 0 Å².